The van der Waals surface area contributed by atoms with Crippen LogP contribution in [-0.4, -0.2) is 30.8 Å². The Morgan fingerprint density at radius 2 is 2.22 bits per heavy atom. The summed E-state index contributed by atoms with van der Waals surface area (Å²) in [5.74, 6) is 0. The Morgan fingerprint density at radius 1 is 1.50 bits per heavy atom. The van der Waals surface area contributed by atoms with Gasteiger partial charge in [0.15, 0.2) is 0 Å². The van der Waals surface area contributed by atoms with Crippen molar-refractivity contribution < 1.29 is 8.42 Å². The van der Waals surface area contributed by atoms with Crippen molar-refractivity contribution in [3.63, 3.8) is 0 Å². The zero-order valence-corrected chi connectivity index (χ0v) is 11.8. The number of rotatable bonds is 3. The van der Waals surface area contributed by atoms with Crippen LogP contribution >= 0.6 is 0 Å². The molecule has 2 heterocycles. The summed E-state index contributed by atoms with van der Waals surface area (Å²) < 4.78 is 26.5. The average Bonchev–Trinajstić information content (AvgIpc) is 2.76. The number of hydrogen-bond donors (Lipinski definition) is 2. The Labute approximate surface area is 108 Å². The summed E-state index contributed by atoms with van der Waals surface area (Å²) in [7, 11) is -3.38. The zero-order valence-electron chi connectivity index (χ0n) is 10.9. The zero-order chi connectivity index (χ0) is 13.4. The van der Waals surface area contributed by atoms with Crippen molar-refractivity contribution >= 4 is 10.0 Å². The van der Waals surface area contributed by atoms with E-state index >= 15 is 0 Å². The van der Waals surface area contributed by atoms with E-state index in [4.69, 9.17) is 5.73 Å². The predicted octanol–water partition coefficient (Wildman–Crippen LogP) is 1.28. The largest absolute Gasteiger partial charge is 0.363 e. The molecule has 0 spiro atoms. The molecule has 1 aromatic rings. The van der Waals surface area contributed by atoms with E-state index in [0.29, 0.717) is 24.5 Å². The van der Waals surface area contributed by atoms with Gasteiger partial charge in [0.25, 0.3) is 0 Å². The first kappa shape index (κ1) is 13.6. The van der Waals surface area contributed by atoms with Crippen LogP contribution < -0.4 is 5.73 Å². The lowest BCUT2D eigenvalue weighted by Gasteiger charge is -2.36. The first-order chi connectivity index (χ1) is 8.35. The number of aromatic amines is 1. The second-order valence-corrected chi connectivity index (χ2v) is 7.61. The molecule has 0 unspecified atom stereocenters. The highest BCUT2D eigenvalue weighted by Crippen LogP contribution is 2.31. The monoisotopic (exact) mass is 271 g/mol. The molecule has 6 heteroatoms. The van der Waals surface area contributed by atoms with Crippen molar-refractivity contribution in [3.05, 3.63) is 18.0 Å². The quantitative estimate of drug-likeness (QED) is 0.869. The summed E-state index contributed by atoms with van der Waals surface area (Å²) in [6, 6.07) is 1.62. The topological polar surface area (TPSA) is 79.2 Å². The molecule has 0 saturated carbocycles. The van der Waals surface area contributed by atoms with Gasteiger partial charge in [0.2, 0.25) is 10.0 Å². The molecule has 0 atom stereocenters. The van der Waals surface area contributed by atoms with E-state index in [9.17, 15) is 8.42 Å². The van der Waals surface area contributed by atoms with Gasteiger partial charge in [-0.15, -0.1) is 0 Å². The fourth-order valence-electron chi connectivity index (χ4n) is 2.41. The van der Waals surface area contributed by atoms with Gasteiger partial charge in [0.1, 0.15) is 0 Å². The van der Waals surface area contributed by atoms with Gasteiger partial charge in [-0.3, -0.25) is 0 Å². The lowest BCUT2D eigenvalue weighted by atomic mass is 9.85. The number of H-pyrrole nitrogens is 1. The van der Waals surface area contributed by atoms with Crippen LogP contribution in [0.25, 0.3) is 0 Å². The van der Waals surface area contributed by atoms with Gasteiger partial charge in [-0.1, -0.05) is 13.8 Å². The molecular formula is C12H21N3O2S. The highest BCUT2D eigenvalue weighted by Gasteiger charge is 2.34. The maximum absolute atomic E-state index is 12.5. The number of sulfonamides is 1. The number of piperidine rings is 1. The maximum atomic E-state index is 12.5. The third-order valence-corrected chi connectivity index (χ3v) is 5.26. The molecule has 0 bridgehead atoms. The van der Waals surface area contributed by atoms with Crippen molar-refractivity contribution in [3.8, 4) is 0 Å². The molecule has 0 amide bonds. The van der Waals surface area contributed by atoms with Crippen molar-refractivity contribution in [1.29, 1.82) is 0 Å². The summed E-state index contributed by atoms with van der Waals surface area (Å²) in [4.78, 5) is 3.21. The van der Waals surface area contributed by atoms with E-state index in [2.05, 4.69) is 18.8 Å². The first-order valence-corrected chi connectivity index (χ1v) is 7.67. The second-order valence-electron chi connectivity index (χ2n) is 5.67. The minimum atomic E-state index is -3.38. The molecule has 102 valence electrons. The van der Waals surface area contributed by atoms with Gasteiger partial charge in [-0.2, -0.15) is 4.31 Å². The lowest BCUT2D eigenvalue weighted by molar-refractivity contribution is 0.187. The van der Waals surface area contributed by atoms with Crippen molar-refractivity contribution in [1.82, 2.24) is 9.29 Å². The maximum Gasteiger partial charge on any atom is 0.244 e. The van der Waals surface area contributed by atoms with Gasteiger partial charge >= 0.3 is 0 Å². The Balaban J connectivity index is 2.25. The summed E-state index contributed by atoms with van der Waals surface area (Å²) in [5, 5.41) is 0. The predicted molar refractivity (Wildman–Crippen MR) is 70.5 cm³/mol. The fourth-order valence-corrected chi connectivity index (χ4v) is 4.10. The highest BCUT2D eigenvalue weighted by molar-refractivity contribution is 7.89. The standard InChI is InChI=1S/C12H21N3O2S/c1-12(2)4-3-5-15(9-12)18(16,17)11-6-10(7-13)14-8-11/h6,8,14H,3-5,7,9,13H2,1-2H3. The summed E-state index contributed by atoms with van der Waals surface area (Å²) in [5.41, 5.74) is 6.28. The van der Waals surface area contributed by atoms with Gasteiger partial charge in [-0.05, 0) is 24.3 Å². The normalized spacial score (nSPS) is 21.1. The van der Waals surface area contributed by atoms with E-state index in [1.54, 1.807) is 10.4 Å². The smallest absolute Gasteiger partial charge is 0.244 e. The van der Waals surface area contributed by atoms with Gasteiger partial charge in [-0.25, -0.2) is 8.42 Å². The molecule has 18 heavy (non-hydrogen) atoms. The fraction of sp³-hybridized carbons (Fsp3) is 0.667. The van der Waals surface area contributed by atoms with Crippen LogP contribution in [0, 0.1) is 5.41 Å². The Bertz CT molecular complexity index is 519. The van der Waals surface area contributed by atoms with Crippen molar-refractivity contribution in [2.75, 3.05) is 13.1 Å². The summed E-state index contributed by atoms with van der Waals surface area (Å²) in [6.07, 6.45) is 3.51. The molecule has 2 rings (SSSR count). The van der Waals surface area contributed by atoms with Crippen LogP contribution in [0.2, 0.25) is 0 Å². The van der Waals surface area contributed by atoms with Crippen LogP contribution in [-0.2, 0) is 16.6 Å². The Morgan fingerprint density at radius 3 is 2.78 bits per heavy atom. The molecule has 1 aromatic heterocycles. The van der Waals surface area contributed by atoms with Crippen LogP contribution in [0.1, 0.15) is 32.4 Å². The van der Waals surface area contributed by atoms with Crippen LogP contribution in [0.15, 0.2) is 17.2 Å². The molecule has 0 aliphatic carbocycles. The molecule has 1 aliphatic heterocycles. The molecule has 1 saturated heterocycles. The minimum absolute atomic E-state index is 0.0539. The number of nitrogens with zero attached hydrogens (tertiary/aromatic N) is 1. The number of aromatic nitrogens is 1. The Hall–Kier alpha value is -0.850. The first-order valence-electron chi connectivity index (χ1n) is 6.23. The van der Waals surface area contributed by atoms with Gasteiger partial charge in [0, 0.05) is 31.5 Å². The van der Waals surface area contributed by atoms with Gasteiger partial charge in [0.05, 0.1) is 4.90 Å². The van der Waals surface area contributed by atoms with Crippen molar-refractivity contribution in [2.24, 2.45) is 11.1 Å². The molecule has 1 fully saturated rings. The SMILES string of the molecule is CC1(C)CCCN(S(=O)(=O)c2c[nH]c(CN)c2)C1. The lowest BCUT2D eigenvalue weighted by Crippen LogP contribution is -2.43. The molecule has 0 aromatic carbocycles. The van der Waals surface area contributed by atoms with E-state index < -0.39 is 10.0 Å². The summed E-state index contributed by atoms with van der Waals surface area (Å²) in [6.45, 7) is 5.72. The molecular weight excluding hydrogens is 250 g/mol. The third kappa shape index (κ3) is 2.60. The average molecular weight is 271 g/mol. The molecule has 3 N–H and O–H groups in total. The van der Waals surface area contributed by atoms with Crippen LogP contribution in [0.5, 0.6) is 0 Å². The molecule has 0 radical (unpaired) electrons. The van der Waals surface area contributed by atoms with Crippen molar-refractivity contribution in [2.45, 2.75) is 38.1 Å². The Kier molecular flexibility index (Phi) is 3.53. The third-order valence-electron chi connectivity index (χ3n) is 3.44. The highest BCUT2D eigenvalue weighted by atomic mass is 32.2. The number of hydrogen-bond acceptors (Lipinski definition) is 3. The minimum Gasteiger partial charge on any atom is -0.363 e. The van der Waals surface area contributed by atoms with Gasteiger partial charge < -0.3 is 10.7 Å². The van der Waals surface area contributed by atoms with E-state index in [1.165, 1.54) is 6.20 Å². The second kappa shape index (κ2) is 4.68. The molecule has 1 aliphatic rings. The molecule has 5 nitrogen and oxygen atoms in total. The van der Waals surface area contributed by atoms with E-state index in [-0.39, 0.29) is 5.41 Å². The number of nitrogens with one attached hydrogen (secondary N) is 1. The van der Waals surface area contributed by atoms with E-state index in [0.717, 1.165) is 18.5 Å². The van der Waals surface area contributed by atoms with Crippen LogP contribution in [0.4, 0.5) is 0 Å². The van der Waals surface area contributed by atoms with E-state index in [1.807, 2.05) is 0 Å². The summed E-state index contributed by atoms with van der Waals surface area (Å²) >= 11 is 0. The van der Waals surface area contributed by atoms with Crippen LogP contribution in [0.3, 0.4) is 0 Å². The number of nitrogens with two attached hydrogens (primary N) is 1.